The van der Waals surface area contributed by atoms with Crippen molar-refractivity contribution in [1.29, 1.82) is 0 Å². The van der Waals surface area contributed by atoms with Crippen LogP contribution in [0.2, 0.25) is 0 Å². The molecular weight excluding hydrogens is 392 g/mol. The molecule has 1 aliphatic heterocycles. The Morgan fingerprint density at radius 1 is 1.10 bits per heavy atom. The summed E-state index contributed by atoms with van der Waals surface area (Å²) in [5.74, 6) is 0.564. The first-order valence-electron chi connectivity index (χ1n) is 9.45. The molecule has 1 N–H and O–H groups in total. The molecule has 0 spiro atoms. The number of ether oxygens (including phenoxy) is 2. The van der Waals surface area contributed by atoms with E-state index in [2.05, 4.69) is 5.32 Å². The molecule has 2 aromatic rings. The average molecular weight is 419 g/mol. The quantitative estimate of drug-likeness (QED) is 0.779. The number of benzene rings is 2. The lowest BCUT2D eigenvalue weighted by atomic mass is 9.98. The highest BCUT2D eigenvalue weighted by atomic mass is 32.2. The number of carbonyl (C=O) groups is 1. The monoisotopic (exact) mass is 418 g/mol. The molecule has 0 bridgehead atoms. The van der Waals surface area contributed by atoms with E-state index >= 15 is 0 Å². The molecule has 3 rings (SSSR count). The summed E-state index contributed by atoms with van der Waals surface area (Å²) in [6, 6.07) is 11.9. The van der Waals surface area contributed by atoms with E-state index in [0.717, 1.165) is 5.56 Å². The summed E-state index contributed by atoms with van der Waals surface area (Å²) < 4.78 is 38.1. The highest BCUT2D eigenvalue weighted by molar-refractivity contribution is 7.89. The highest BCUT2D eigenvalue weighted by Crippen LogP contribution is 2.29. The third-order valence-electron chi connectivity index (χ3n) is 5.12. The lowest BCUT2D eigenvalue weighted by Crippen LogP contribution is -2.43. The van der Waals surface area contributed by atoms with Gasteiger partial charge in [0, 0.05) is 13.1 Å². The second kappa shape index (κ2) is 8.84. The summed E-state index contributed by atoms with van der Waals surface area (Å²) in [4.78, 5) is 13.0. The molecule has 1 saturated heterocycles. The topological polar surface area (TPSA) is 84.9 Å². The Balaban J connectivity index is 1.76. The summed E-state index contributed by atoms with van der Waals surface area (Å²) in [6.07, 6.45) is 1.26. The van der Waals surface area contributed by atoms with Crippen molar-refractivity contribution in [3.63, 3.8) is 0 Å². The van der Waals surface area contributed by atoms with Crippen molar-refractivity contribution >= 4 is 21.6 Å². The Labute approximate surface area is 171 Å². The number of methoxy groups -OCH3 is 2. The zero-order valence-electron chi connectivity index (χ0n) is 16.8. The zero-order chi connectivity index (χ0) is 21.0. The van der Waals surface area contributed by atoms with Crippen LogP contribution in [0.3, 0.4) is 0 Å². The lowest BCUT2D eigenvalue weighted by Gasteiger charge is -2.31. The number of para-hydroxylation sites is 2. The van der Waals surface area contributed by atoms with Crippen LogP contribution in [0.25, 0.3) is 0 Å². The number of aryl methyl sites for hydroxylation is 1. The van der Waals surface area contributed by atoms with Crippen LogP contribution in [0.1, 0.15) is 18.4 Å². The van der Waals surface area contributed by atoms with Crippen molar-refractivity contribution in [2.24, 2.45) is 5.92 Å². The van der Waals surface area contributed by atoms with Crippen molar-refractivity contribution in [2.75, 3.05) is 32.6 Å². The van der Waals surface area contributed by atoms with E-state index in [4.69, 9.17) is 9.47 Å². The number of sulfonamides is 1. The Hall–Kier alpha value is -2.58. The van der Waals surface area contributed by atoms with Gasteiger partial charge in [-0.05, 0) is 55.7 Å². The van der Waals surface area contributed by atoms with Crippen LogP contribution < -0.4 is 14.8 Å². The molecule has 0 aromatic heterocycles. The number of hydrogen-bond acceptors (Lipinski definition) is 5. The van der Waals surface area contributed by atoms with Crippen molar-refractivity contribution < 1.29 is 22.7 Å². The molecule has 8 heteroatoms. The molecule has 0 radical (unpaired) electrons. The van der Waals surface area contributed by atoms with E-state index in [9.17, 15) is 13.2 Å². The first-order chi connectivity index (χ1) is 13.9. The minimum Gasteiger partial charge on any atom is -0.496 e. The molecule has 156 valence electrons. The van der Waals surface area contributed by atoms with Crippen molar-refractivity contribution in [3.05, 3.63) is 48.0 Å². The second-order valence-electron chi connectivity index (χ2n) is 7.02. The maximum atomic E-state index is 13.1. The van der Waals surface area contributed by atoms with E-state index in [1.807, 2.05) is 12.1 Å². The fraction of sp³-hybridized carbons (Fsp3) is 0.381. The van der Waals surface area contributed by atoms with Gasteiger partial charge in [-0.15, -0.1) is 0 Å². The van der Waals surface area contributed by atoms with E-state index in [0.29, 0.717) is 36.6 Å². The predicted octanol–water partition coefficient (Wildman–Crippen LogP) is 3.05. The van der Waals surface area contributed by atoms with Gasteiger partial charge in [0.15, 0.2) is 0 Å². The number of piperidine rings is 1. The Bertz CT molecular complexity index is 990. The molecule has 1 heterocycles. The number of rotatable bonds is 6. The molecule has 29 heavy (non-hydrogen) atoms. The van der Waals surface area contributed by atoms with Gasteiger partial charge in [0.1, 0.15) is 11.5 Å². The first kappa shape index (κ1) is 21.1. The fourth-order valence-corrected chi connectivity index (χ4v) is 5.13. The maximum absolute atomic E-state index is 13.1. The summed E-state index contributed by atoms with van der Waals surface area (Å²) in [6.45, 7) is 2.35. The first-order valence-corrected chi connectivity index (χ1v) is 10.9. The lowest BCUT2D eigenvalue weighted by molar-refractivity contribution is -0.120. The summed E-state index contributed by atoms with van der Waals surface area (Å²) >= 11 is 0. The number of nitrogens with one attached hydrogen (secondary N) is 1. The number of anilines is 1. The van der Waals surface area contributed by atoms with Crippen molar-refractivity contribution in [2.45, 2.75) is 24.7 Å². The van der Waals surface area contributed by atoms with Crippen LogP contribution >= 0.6 is 0 Å². The van der Waals surface area contributed by atoms with E-state index < -0.39 is 15.9 Å². The maximum Gasteiger partial charge on any atom is 0.243 e. The number of amides is 1. The Kier molecular flexibility index (Phi) is 6.44. The van der Waals surface area contributed by atoms with Gasteiger partial charge in [-0.2, -0.15) is 4.31 Å². The van der Waals surface area contributed by atoms with Crippen LogP contribution in [-0.4, -0.2) is 45.9 Å². The van der Waals surface area contributed by atoms with Gasteiger partial charge in [0.05, 0.1) is 30.7 Å². The van der Waals surface area contributed by atoms with Crippen LogP contribution in [0.5, 0.6) is 11.5 Å². The molecular formula is C21H26N2O5S. The van der Waals surface area contributed by atoms with E-state index in [-0.39, 0.29) is 17.3 Å². The molecule has 0 unspecified atom stereocenters. The third-order valence-corrected chi connectivity index (χ3v) is 6.98. The average Bonchev–Trinajstić information content (AvgIpc) is 2.74. The molecule has 1 amide bonds. The summed E-state index contributed by atoms with van der Waals surface area (Å²) in [5, 5.41) is 2.87. The minimum absolute atomic E-state index is 0.147. The van der Waals surface area contributed by atoms with Gasteiger partial charge in [-0.1, -0.05) is 12.1 Å². The molecule has 2 aromatic carbocycles. The van der Waals surface area contributed by atoms with Gasteiger partial charge in [0.25, 0.3) is 0 Å². The fourth-order valence-electron chi connectivity index (χ4n) is 3.52. The van der Waals surface area contributed by atoms with Crippen LogP contribution in [0.4, 0.5) is 5.69 Å². The van der Waals surface area contributed by atoms with Crippen molar-refractivity contribution in [1.82, 2.24) is 4.31 Å². The number of carbonyl (C=O) groups excluding carboxylic acids is 1. The molecule has 1 atom stereocenters. The van der Waals surface area contributed by atoms with Gasteiger partial charge in [-0.25, -0.2) is 8.42 Å². The SMILES string of the molecule is COc1ccc(S(=O)(=O)N2CCC[C@@H](C(=O)Nc3ccccc3OC)C2)cc1C. The van der Waals surface area contributed by atoms with Gasteiger partial charge >= 0.3 is 0 Å². The standard InChI is InChI=1S/C21H26N2O5S/c1-15-13-17(10-11-19(15)27-2)29(25,26)23-12-6-7-16(14-23)21(24)22-18-8-4-5-9-20(18)28-3/h4-5,8-11,13,16H,6-7,12,14H2,1-3H3,(H,22,24)/t16-/m1/s1. The number of nitrogens with zero attached hydrogens (tertiary/aromatic N) is 1. The normalized spacial score (nSPS) is 17.6. The van der Waals surface area contributed by atoms with Gasteiger partial charge in [0.2, 0.25) is 15.9 Å². The summed E-state index contributed by atoms with van der Waals surface area (Å²) in [7, 11) is -0.602. The molecule has 1 fully saturated rings. The van der Waals surface area contributed by atoms with Crippen molar-refractivity contribution in [3.8, 4) is 11.5 Å². The van der Waals surface area contributed by atoms with Crippen LogP contribution in [-0.2, 0) is 14.8 Å². The van der Waals surface area contributed by atoms with Crippen LogP contribution in [0, 0.1) is 12.8 Å². The minimum atomic E-state index is -3.69. The molecule has 0 aliphatic carbocycles. The number of hydrogen-bond donors (Lipinski definition) is 1. The van der Waals surface area contributed by atoms with E-state index in [1.165, 1.54) is 11.4 Å². The molecule has 0 saturated carbocycles. The predicted molar refractivity (Wildman–Crippen MR) is 111 cm³/mol. The molecule has 7 nitrogen and oxygen atoms in total. The zero-order valence-corrected chi connectivity index (χ0v) is 17.7. The van der Waals surface area contributed by atoms with Gasteiger partial charge in [-0.3, -0.25) is 4.79 Å². The second-order valence-corrected chi connectivity index (χ2v) is 8.96. The third kappa shape index (κ3) is 4.54. The smallest absolute Gasteiger partial charge is 0.243 e. The Morgan fingerprint density at radius 2 is 1.83 bits per heavy atom. The Morgan fingerprint density at radius 3 is 2.52 bits per heavy atom. The van der Waals surface area contributed by atoms with E-state index in [1.54, 1.807) is 44.4 Å². The van der Waals surface area contributed by atoms with Crippen LogP contribution in [0.15, 0.2) is 47.4 Å². The summed E-state index contributed by atoms with van der Waals surface area (Å²) in [5.41, 5.74) is 1.32. The highest BCUT2D eigenvalue weighted by Gasteiger charge is 2.33. The largest absolute Gasteiger partial charge is 0.496 e. The van der Waals surface area contributed by atoms with Gasteiger partial charge < -0.3 is 14.8 Å². The molecule has 1 aliphatic rings.